The van der Waals surface area contributed by atoms with E-state index in [0.29, 0.717) is 4.47 Å². The zero-order valence-corrected chi connectivity index (χ0v) is 11.2. The molecule has 0 atom stereocenters. The van der Waals surface area contributed by atoms with Gasteiger partial charge in [0.2, 0.25) is 0 Å². The lowest BCUT2D eigenvalue weighted by molar-refractivity contribution is 0.487. The monoisotopic (exact) mass is 318 g/mol. The third kappa shape index (κ3) is 2.45. The summed E-state index contributed by atoms with van der Waals surface area (Å²) in [6.45, 7) is 0. The van der Waals surface area contributed by atoms with Crippen LogP contribution in [0.5, 0.6) is 5.75 Å². The normalized spacial score (nSPS) is 11.3. The fourth-order valence-corrected chi connectivity index (χ4v) is 3.45. The van der Waals surface area contributed by atoms with Crippen molar-refractivity contribution < 1.29 is 12.6 Å². The van der Waals surface area contributed by atoms with Crippen molar-refractivity contribution in [2.45, 2.75) is 4.21 Å². The van der Waals surface area contributed by atoms with Gasteiger partial charge in [-0.1, -0.05) is 18.2 Å². The Kier molecular flexibility index (Phi) is 3.32. The van der Waals surface area contributed by atoms with Crippen LogP contribution in [-0.4, -0.2) is 8.42 Å². The Labute approximate surface area is 106 Å². The second-order valence-corrected chi connectivity index (χ2v) is 6.48. The maximum absolute atomic E-state index is 11.8. The molecule has 0 bridgehead atoms. The van der Waals surface area contributed by atoms with Gasteiger partial charge in [0.25, 0.3) is 0 Å². The molecule has 2 rings (SSSR count). The van der Waals surface area contributed by atoms with E-state index in [9.17, 15) is 8.42 Å². The molecule has 2 aromatic rings. The zero-order valence-electron chi connectivity index (χ0n) is 7.96. The van der Waals surface area contributed by atoms with Crippen molar-refractivity contribution in [1.82, 2.24) is 0 Å². The van der Waals surface area contributed by atoms with Gasteiger partial charge in [-0.05, 0) is 39.5 Å². The summed E-state index contributed by atoms with van der Waals surface area (Å²) < 4.78 is 29.4. The Hall–Kier alpha value is -0.850. The molecule has 0 aliphatic heterocycles. The second-order valence-electron chi connectivity index (χ2n) is 2.90. The molecule has 0 unspecified atom stereocenters. The summed E-state index contributed by atoms with van der Waals surface area (Å²) >= 11 is 4.35. The van der Waals surface area contributed by atoms with E-state index in [1.54, 1.807) is 35.7 Å². The Bertz CT molecular complexity index is 576. The highest BCUT2D eigenvalue weighted by atomic mass is 79.9. The van der Waals surface area contributed by atoms with Gasteiger partial charge in [-0.15, -0.1) is 11.3 Å². The lowest BCUT2D eigenvalue weighted by Gasteiger charge is -2.06. The smallest absolute Gasteiger partial charge is 0.348 e. The van der Waals surface area contributed by atoms with E-state index in [1.165, 1.54) is 6.07 Å². The topological polar surface area (TPSA) is 43.4 Å². The molecule has 0 saturated carbocycles. The minimum Gasteiger partial charge on any atom is -0.377 e. The van der Waals surface area contributed by atoms with Crippen LogP contribution in [0.3, 0.4) is 0 Å². The molecule has 0 aliphatic rings. The van der Waals surface area contributed by atoms with Gasteiger partial charge in [-0.25, -0.2) is 0 Å². The number of para-hydroxylation sites is 1. The summed E-state index contributed by atoms with van der Waals surface area (Å²) in [5.41, 5.74) is 0. The van der Waals surface area contributed by atoms with Crippen LogP contribution in [0.1, 0.15) is 0 Å². The van der Waals surface area contributed by atoms with Crippen LogP contribution in [0.15, 0.2) is 50.5 Å². The molecule has 0 aliphatic carbocycles. The molecule has 0 radical (unpaired) electrons. The zero-order chi connectivity index (χ0) is 11.6. The molecular weight excluding hydrogens is 312 g/mol. The van der Waals surface area contributed by atoms with Crippen molar-refractivity contribution in [1.29, 1.82) is 0 Å². The molecular formula is C10H7BrO3S2. The van der Waals surface area contributed by atoms with Crippen LogP contribution in [0.4, 0.5) is 0 Å². The number of hydrogen-bond donors (Lipinski definition) is 0. The molecule has 0 spiro atoms. The summed E-state index contributed by atoms with van der Waals surface area (Å²) in [6, 6.07) is 9.99. The van der Waals surface area contributed by atoms with Crippen molar-refractivity contribution in [3.8, 4) is 5.75 Å². The number of halogens is 1. The molecule has 0 N–H and O–H groups in total. The van der Waals surface area contributed by atoms with Gasteiger partial charge in [0, 0.05) is 0 Å². The van der Waals surface area contributed by atoms with Crippen molar-refractivity contribution in [2.24, 2.45) is 0 Å². The van der Waals surface area contributed by atoms with E-state index >= 15 is 0 Å². The fourth-order valence-electron chi connectivity index (χ4n) is 1.08. The van der Waals surface area contributed by atoms with Crippen LogP contribution in [0, 0.1) is 0 Å². The molecule has 0 amide bonds. The van der Waals surface area contributed by atoms with Gasteiger partial charge in [0.1, 0.15) is 0 Å². The highest BCUT2D eigenvalue weighted by Gasteiger charge is 2.18. The van der Waals surface area contributed by atoms with Crippen LogP contribution < -0.4 is 4.18 Å². The Morgan fingerprint density at radius 2 is 1.88 bits per heavy atom. The van der Waals surface area contributed by atoms with Gasteiger partial charge >= 0.3 is 10.1 Å². The van der Waals surface area contributed by atoms with Crippen LogP contribution in [-0.2, 0) is 10.1 Å². The first-order valence-electron chi connectivity index (χ1n) is 4.32. The number of benzene rings is 1. The summed E-state index contributed by atoms with van der Waals surface area (Å²) in [5, 5.41) is 1.69. The molecule has 0 fully saturated rings. The second kappa shape index (κ2) is 4.57. The molecule has 84 valence electrons. The lowest BCUT2D eigenvalue weighted by atomic mass is 10.3. The molecule has 3 nitrogen and oxygen atoms in total. The van der Waals surface area contributed by atoms with E-state index in [-0.39, 0.29) is 9.96 Å². The average Bonchev–Trinajstić information content (AvgIpc) is 2.75. The first-order valence-corrected chi connectivity index (χ1v) is 7.40. The predicted octanol–water partition coefficient (Wildman–Crippen LogP) is 3.28. The molecule has 1 aromatic carbocycles. The maximum Gasteiger partial charge on any atom is 0.348 e. The Morgan fingerprint density at radius 1 is 1.12 bits per heavy atom. The number of thiophene rings is 1. The van der Waals surface area contributed by atoms with Crippen molar-refractivity contribution in [3.63, 3.8) is 0 Å². The highest BCUT2D eigenvalue weighted by Crippen LogP contribution is 2.28. The quantitative estimate of drug-likeness (QED) is 0.816. The summed E-state index contributed by atoms with van der Waals surface area (Å²) in [4.78, 5) is 0. The molecule has 16 heavy (non-hydrogen) atoms. The predicted molar refractivity (Wildman–Crippen MR) is 66.3 cm³/mol. The SMILES string of the molecule is O=S(=O)(Oc1ccccc1Br)c1cccs1. The van der Waals surface area contributed by atoms with E-state index < -0.39 is 10.1 Å². The maximum atomic E-state index is 11.8. The van der Waals surface area contributed by atoms with Crippen molar-refractivity contribution in [2.75, 3.05) is 0 Å². The summed E-state index contributed by atoms with van der Waals surface area (Å²) in [6.07, 6.45) is 0. The molecule has 0 saturated heterocycles. The van der Waals surface area contributed by atoms with Crippen molar-refractivity contribution >= 4 is 37.4 Å². The molecule has 1 aromatic heterocycles. The largest absolute Gasteiger partial charge is 0.377 e. The number of rotatable bonds is 3. The van der Waals surface area contributed by atoms with Gasteiger partial charge < -0.3 is 4.18 Å². The van der Waals surface area contributed by atoms with Gasteiger partial charge in [-0.3, -0.25) is 0 Å². The van der Waals surface area contributed by atoms with Crippen LogP contribution in [0.2, 0.25) is 0 Å². The first-order chi connectivity index (χ1) is 7.59. The summed E-state index contributed by atoms with van der Waals surface area (Å²) in [7, 11) is -3.70. The highest BCUT2D eigenvalue weighted by molar-refractivity contribution is 9.10. The summed E-state index contributed by atoms with van der Waals surface area (Å²) in [5.74, 6) is 0.288. The van der Waals surface area contributed by atoms with Gasteiger partial charge in [0.05, 0.1) is 4.47 Å². The minimum absolute atomic E-state index is 0.197. The Morgan fingerprint density at radius 3 is 2.50 bits per heavy atom. The average molecular weight is 319 g/mol. The third-order valence-corrected chi connectivity index (χ3v) is 5.02. The van der Waals surface area contributed by atoms with Gasteiger partial charge in [-0.2, -0.15) is 8.42 Å². The van der Waals surface area contributed by atoms with Crippen molar-refractivity contribution in [3.05, 3.63) is 46.3 Å². The fraction of sp³-hybridized carbons (Fsp3) is 0. The van der Waals surface area contributed by atoms with E-state index in [1.807, 2.05) is 0 Å². The molecule has 6 heteroatoms. The first kappa shape index (κ1) is 11.6. The molecule has 1 heterocycles. The van der Waals surface area contributed by atoms with E-state index in [0.717, 1.165) is 11.3 Å². The van der Waals surface area contributed by atoms with E-state index in [4.69, 9.17) is 4.18 Å². The third-order valence-electron chi connectivity index (χ3n) is 1.78. The minimum atomic E-state index is -3.70. The van der Waals surface area contributed by atoms with Crippen LogP contribution in [0.25, 0.3) is 0 Å². The number of hydrogen-bond acceptors (Lipinski definition) is 4. The van der Waals surface area contributed by atoms with Gasteiger partial charge in [0.15, 0.2) is 9.96 Å². The standard InChI is InChI=1S/C10H7BrO3S2/c11-8-4-1-2-5-9(8)14-16(12,13)10-6-3-7-15-10/h1-7H. The Balaban J connectivity index is 2.33. The van der Waals surface area contributed by atoms with E-state index in [2.05, 4.69) is 15.9 Å². The van der Waals surface area contributed by atoms with Crippen LogP contribution >= 0.6 is 27.3 Å². The lowest BCUT2D eigenvalue weighted by Crippen LogP contribution is -2.08.